The van der Waals surface area contributed by atoms with Gasteiger partial charge in [0.1, 0.15) is 6.10 Å². The van der Waals surface area contributed by atoms with Crippen LogP contribution < -0.4 is 14.8 Å². The lowest BCUT2D eigenvalue weighted by Gasteiger charge is -2.31. The molecule has 28 heavy (non-hydrogen) atoms. The molecule has 2 aliphatic heterocycles. The van der Waals surface area contributed by atoms with Crippen LogP contribution in [-0.2, 0) is 22.6 Å². The minimum absolute atomic E-state index is 0.167. The number of fused-ring (bicyclic) bond motifs is 1. The minimum Gasteiger partial charge on any atom is -0.482 e. The maximum Gasteiger partial charge on any atom is 0.265 e. The van der Waals surface area contributed by atoms with Gasteiger partial charge in [0.15, 0.2) is 11.5 Å². The smallest absolute Gasteiger partial charge is 0.265 e. The molecule has 4 rings (SSSR count). The molecule has 0 spiro atoms. The molecule has 2 aromatic carbocycles. The highest BCUT2D eigenvalue weighted by atomic mass is 16.6. The fourth-order valence-corrected chi connectivity index (χ4v) is 3.48. The molecule has 6 nitrogen and oxygen atoms in total. The quantitative estimate of drug-likeness (QED) is 0.860. The molecule has 2 aromatic rings. The summed E-state index contributed by atoms with van der Waals surface area (Å²) in [5.74, 6) is 1.11. The summed E-state index contributed by atoms with van der Waals surface area (Å²) in [6.07, 6.45) is -0.999. The predicted molar refractivity (Wildman–Crippen MR) is 105 cm³/mol. The molecule has 1 saturated heterocycles. The molecule has 0 aromatic heterocycles. The number of nitrogens with one attached hydrogen (secondary N) is 1. The largest absolute Gasteiger partial charge is 0.482 e. The second-order valence-electron chi connectivity index (χ2n) is 7.23. The Kier molecular flexibility index (Phi) is 5.78. The molecule has 0 aliphatic carbocycles. The van der Waals surface area contributed by atoms with E-state index in [4.69, 9.17) is 14.2 Å². The van der Waals surface area contributed by atoms with E-state index in [2.05, 4.69) is 34.5 Å². The first-order valence-electron chi connectivity index (χ1n) is 9.77. The van der Waals surface area contributed by atoms with Crippen molar-refractivity contribution in [2.75, 3.05) is 26.3 Å². The van der Waals surface area contributed by atoms with E-state index >= 15 is 0 Å². The van der Waals surface area contributed by atoms with E-state index in [9.17, 15) is 4.79 Å². The topological polar surface area (TPSA) is 60.0 Å². The number of para-hydroxylation sites is 2. The van der Waals surface area contributed by atoms with Gasteiger partial charge in [-0.1, -0.05) is 36.4 Å². The summed E-state index contributed by atoms with van der Waals surface area (Å²) in [5, 5.41) is 2.96. The highest BCUT2D eigenvalue weighted by Crippen LogP contribution is 2.33. The first kappa shape index (κ1) is 18.8. The standard InChI is InChI=1S/C22H26N2O4/c1-16-21(28-20-5-3-2-4-19(20)27-16)22(25)23-14-17-6-8-18(9-7-17)15-24-10-12-26-13-11-24/h2-9,16,21H,10-15H2,1H3,(H,23,25). The number of benzene rings is 2. The number of carbonyl (C=O) groups excluding carboxylic acids is 1. The van der Waals surface area contributed by atoms with Crippen molar-refractivity contribution in [2.45, 2.75) is 32.2 Å². The van der Waals surface area contributed by atoms with Crippen molar-refractivity contribution in [3.8, 4) is 11.5 Å². The Balaban J connectivity index is 1.30. The van der Waals surface area contributed by atoms with Crippen LogP contribution in [0, 0.1) is 0 Å². The van der Waals surface area contributed by atoms with Crippen LogP contribution in [0.2, 0.25) is 0 Å². The molecule has 148 valence electrons. The number of rotatable bonds is 5. The SMILES string of the molecule is CC1Oc2ccccc2OC1C(=O)NCc1ccc(CN2CCOCC2)cc1. The lowest BCUT2D eigenvalue weighted by atomic mass is 10.1. The molecule has 6 heteroatoms. The van der Waals surface area contributed by atoms with Crippen molar-refractivity contribution < 1.29 is 19.0 Å². The van der Waals surface area contributed by atoms with Crippen LogP contribution >= 0.6 is 0 Å². The van der Waals surface area contributed by atoms with Crippen molar-refractivity contribution in [1.82, 2.24) is 10.2 Å². The van der Waals surface area contributed by atoms with Crippen LogP contribution in [-0.4, -0.2) is 49.3 Å². The van der Waals surface area contributed by atoms with Crippen LogP contribution in [0.1, 0.15) is 18.1 Å². The molecule has 0 radical (unpaired) electrons. The summed E-state index contributed by atoms with van der Waals surface area (Å²) in [6, 6.07) is 15.8. The third-order valence-corrected chi connectivity index (χ3v) is 5.10. The van der Waals surface area contributed by atoms with E-state index < -0.39 is 6.10 Å². The normalized spacial score (nSPS) is 21.9. The van der Waals surface area contributed by atoms with Gasteiger partial charge in [0.05, 0.1) is 13.2 Å². The highest BCUT2D eigenvalue weighted by molar-refractivity contribution is 5.82. The van der Waals surface area contributed by atoms with Gasteiger partial charge in [0.25, 0.3) is 5.91 Å². The summed E-state index contributed by atoms with van der Waals surface area (Å²) in [6.45, 7) is 6.80. The first-order chi connectivity index (χ1) is 13.7. The molecule has 1 N–H and O–H groups in total. The van der Waals surface area contributed by atoms with Crippen LogP contribution in [0.4, 0.5) is 0 Å². The minimum atomic E-state index is -0.657. The fourth-order valence-electron chi connectivity index (χ4n) is 3.48. The Morgan fingerprint density at radius 2 is 1.64 bits per heavy atom. The molecule has 1 amide bonds. The zero-order valence-corrected chi connectivity index (χ0v) is 16.1. The summed E-state index contributed by atoms with van der Waals surface area (Å²) >= 11 is 0. The summed E-state index contributed by atoms with van der Waals surface area (Å²) in [4.78, 5) is 15.0. The maximum absolute atomic E-state index is 12.6. The number of carbonyl (C=O) groups is 1. The summed E-state index contributed by atoms with van der Waals surface area (Å²) in [5.41, 5.74) is 2.33. The molecule has 2 heterocycles. The molecule has 0 bridgehead atoms. The van der Waals surface area contributed by atoms with Gasteiger partial charge >= 0.3 is 0 Å². The van der Waals surface area contributed by atoms with E-state index in [-0.39, 0.29) is 12.0 Å². The van der Waals surface area contributed by atoms with Crippen molar-refractivity contribution in [3.63, 3.8) is 0 Å². The Bertz CT molecular complexity index is 802. The summed E-state index contributed by atoms with van der Waals surface area (Å²) in [7, 11) is 0. The number of hydrogen-bond acceptors (Lipinski definition) is 5. The van der Waals surface area contributed by atoms with E-state index in [0.717, 1.165) is 38.4 Å². The third-order valence-electron chi connectivity index (χ3n) is 5.10. The molecular weight excluding hydrogens is 356 g/mol. The monoisotopic (exact) mass is 382 g/mol. The van der Waals surface area contributed by atoms with Gasteiger partial charge in [0, 0.05) is 26.2 Å². The zero-order chi connectivity index (χ0) is 19.3. The Hall–Kier alpha value is -2.57. The summed E-state index contributed by atoms with van der Waals surface area (Å²) < 4.78 is 17.0. The second-order valence-corrected chi connectivity index (χ2v) is 7.23. The van der Waals surface area contributed by atoms with Crippen LogP contribution in [0.25, 0.3) is 0 Å². The molecule has 0 saturated carbocycles. The van der Waals surface area contributed by atoms with Gasteiger partial charge in [0.2, 0.25) is 6.10 Å². The first-order valence-corrected chi connectivity index (χ1v) is 9.77. The average molecular weight is 382 g/mol. The highest BCUT2D eigenvalue weighted by Gasteiger charge is 2.33. The maximum atomic E-state index is 12.6. The number of ether oxygens (including phenoxy) is 3. The zero-order valence-electron chi connectivity index (χ0n) is 16.1. The number of morpholine rings is 1. The average Bonchev–Trinajstić information content (AvgIpc) is 2.73. The molecular formula is C22H26N2O4. The molecule has 2 aliphatic rings. The number of hydrogen-bond donors (Lipinski definition) is 1. The van der Waals surface area contributed by atoms with E-state index in [1.807, 2.05) is 31.2 Å². The van der Waals surface area contributed by atoms with Gasteiger partial charge in [-0.25, -0.2) is 0 Å². The van der Waals surface area contributed by atoms with Crippen molar-refractivity contribution >= 4 is 5.91 Å². The van der Waals surface area contributed by atoms with E-state index in [0.29, 0.717) is 18.0 Å². The lowest BCUT2D eigenvalue weighted by Crippen LogP contribution is -2.48. The number of nitrogens with zero attached hydrogens (tertiary/aromatic N) is 1. The van der Waals surface area contributed by atoms with E-state index in [1.165, 1.54) is 5.56 Å². The van der Waals surface area contributed by atoms with Gasteiger partial charge in [-0.05, 0) is 30.2 Å². The Morgan fingerprint density at radius 1 is 1.00 bits per heavy atom. The Labute approximate surface area is 165 Å². The van der Waals surface area contributed by atoms with E-state index in [1.54, 1.807) is 0 Å². The molecule has 2 atom stereocenters. The van der Waals surface area contributed by atoms with Gasteiger partial charge in [-0.3, -0.25) is 9.69 Å². The lowest BCUT2D eigenvalue weighted by molar-refractivity contribution is -0.133. The predicted octanol–water partition coefficient (Wildman–Crippen LogP) is 2.36. The van der Waals surface area contributed by atoms with Crippen molar-refractivity contribution in [3.05, 3.63) is 59.7 Å². The third kappa shape index (κ3) is 4.46. The number of amides is 1. The van der Waals surface area contributed by atoms with Crippen LogP contribution in [0.3, 0.4) is 0 Å². The van der Waals surface area contributed by atoms with Crippen LogP contribution in [0.5, 0.6) is 11.5 Å². The fraction of sp³-hybridized carbons (Fsp3) is 0.409. The van der Waals surface area contributed by atoms with Gasteiger partial charge in [-0.15, -0.1) is 0 Å². The van der Waals surface area contributed by atoms with Gasteiger partial charge in [-0.2, -0.15) is 0 Å². The van der Waals surface area contributed by atoms with Crippen molar-refractivity contribution in [1.29, 1.82) is 0 Å². The molecule has 1 fully saturated rings. The second kappa shape index (κ2) is 8.63. The van der Waals surface area contributed by atoms with Gasteiger partial charge < -0.3 is 19.5 Å². The van der Waals surface area contributed by atoms with Crippen molar-refractivity contribution in [2.24, 2.45) is 0 Å². The van der Waals surface area contributed by atoms with Crippen LogP contribution in [0.15, 0.2) is 48.5 Å². The molecule has 2 unspecified atom stereocenters. The Morgan fingerprint density at radius 3 is 2.36 bits per heavy atom.